The molecule has 2 aliphatic rings. The molecule has 2 N–H and O–H groups in total. The molecule has 1 saturated carbocycles. The molecule has 0 amide bonds. The van der Waals surface area contributed by atoms with Gasteiger partial charge in [-0.1, -0.05) is 12.8 Å². The normalized spacial score (nSPS) is 24.7. The number of aromatic nitrogens is 1. The van der Waals surface area contributed by atoms with Crippen molar-refractivity contribution in [3.63, 3.8) is 0 Å². The van der Waals surface area contributed by atoms with Crippen molar-refractivity contribution in [3.05, 3.63) is 16.7 Å². The van der Waals surface area contributed by atoms with Crippen LogP contribution in [0.4, 0.5) is 5.82 Å². The second-order valence-electron chi connectivity index (χ2n) is 5.91. The molecule has 0 aromatic carbocycles. The lowest BCUT2D eigenvalue weighted by Crippen LogP contribution is -2.39. The van der Waals surface area contributed by atoms with Gasteiger partial charge in [-0.25, -0.2) is 13.4 Å². The zero-order chi connectivity index (χ0) is 15.0. The highest BCUT2D eigenvalue weighted by atomic mass is 79.9. The molecule has 1 aromatic heterocycles. The van der Waals surface area contributed by atoms with Gasteiger partial charge in [-0.15, -0.1) is 0 Å². The van der Waals surface area contributed by atoms with Gasteiger partial charge >= 0.3 is 0 Å². The number of sulfonamides is 1. The van der Waals surface area contributed by atoms with Gasteiger partial charge in [-0.2, -0.15) is 4.31 Å². The van der Waals surface area contributed by atoms with Gasteiger partial charge in [-0.3, -0.25) is 0 Å². The molecule has 3 rings (SSSR count). The van der Waals surface area contributed by atoms with Crippen LogP contribution in [0, 0.1) is 5.92 Å². The summed E-state index contributed by atoms with van der Waals surface area (Å²) >= 11 is 3.28. The first kappa shape index (κ1) is 15.2. The van der Waals surface area contributed by atoms with Crippen LogP contribution in [0.2, 0.25) is 0 Å². The largest absolute Gasteiger partial charge is 0.383 e. The Kier molecular flexibility index (Phi) is 4.25. The molecule has 1 aliphatic heterocycles. The van der Waals surface area contributed by atoms with Crippen LogP contribution in [-0.2, 0) is 10.0 Å². The van der Waals surface area contributed by atoms with Gasteiger partial charge in [0.25, 0.3) is 0 Å². The molecule has 1 unspecified atom stereocenters. The summed E-state index contributed by atoms with van der Waals surface area (Å²) < 4.78 is 28.2. The molecule has 5 nitrogen and oxygen atoms in total. The first-order chi connectivity index (χ1) is 10.00. The average Bonchev–Trinajstić information content (AvgIpc) is 3.10. The lowest BCUT2D eigenvalue weighted by Gasteiger charge is -2.28. The molecule has 116 valence electrons. The second kappa shape index (κ2) is 5.85. The maximum absolute atomic E-state index is 13.0. The number of hydrogen-bond donors (Lipinski definition) is 1. The summed E-state index contributed by atoms with van der Waals surface area (Å²) in [6.45, 7) is 0.593. The molecular formula is C14H20BrN3O2S. The number of pyridine rings is 1. The SMILES string of the molecule is Nc1ncc(Br)cc1S(=O)(=O)N1CCCC1C1CCCC1. The quantitative estimate of drug-likeness (QED) is 0.883. The van der Waals surface area contributed by atoms with E-state index in [9.17, 15) is 8.42 Å². The summed E-state index contributed by atoms with van der Waals surface area (Å²) in [6, 6.07) is 1.69. The summed E-state index contributed by atoms with van der Waals surface area (Å²) in [5, 5.41) is 0. The number of rotatable bonds is 3. The molecule has 1 aromatic rings. The van der Waals surface area contributed by atoms with Crippen molar-refractivity contribution >= 4 is 31.8 Å². The Bertz CT molecular complexity index is 629. The van der Waals surface area contributed by atoms with Gasteiger partial charge in [-0.05, 0) is 53.6 Å². The molecule has 2 heterocycles. The molecule has 1 aliphatic carbocycles. The van der Waals surface area contributed by atoms with E-state index in [4.69, 9.17) is 5.73 Å². The average molecular weight is 374 g/mol. The smallest absolute Gasteiger partial charge is 0.247 e. The summed E-state index contributed by atoms with van der Waals surface area (Å²) in [4.78, 5) is 4.09. The number of anilines is 1. The van der Waals surface area contributed by atoms with Crippen LogP contribution in [0.5, 0.6) is 0 Å². The number of halogens is 1. The maximum atomic E-state index is 13.0. The molecule has 1 atom stereocenters. The van der Waals surface area contributed by atoms with Crippen LogP contribution in [0.1, 0.15) is 38.5 Å². The molecule has 0 radical (unpaired) electrons. The van der Waals surface area contributed by atoms with Crippen LogP contribution in [0.15, 0.2) is 21.6 Å². The zero-order valence-electron chi connectivity index (χ0n) is 11.8. The highest BCUT2D eigenvalue weighted by Crippen LogP contribution is 2.38. The topological polar surface area (TPSA) is 76.3 Å². The Morgan fingerprint density at radius 2 is 1.95 bits per heavy atom. The van der Waals surface area contributed by atoms with E-state index in [2.05, 4.69) is 20.9 Å². The molecule has 1 saturated heterocycles. The van der Waals surface area contributed by atoms with Crippen LogP contribution < -0.4 is 5.73 Å². The fraction of sp³-hybridized carbons (Fsp3) is 0.643. The van der Waals surface area contributed by atoms with Crippen molar-refractivity contribution in [2.24, 2.45) is 5.92 Å². The Morgan fingerprint density at radius 3 is 2.67 bits per heavy atom. The van der Waals surface area contributed by atoms with E-state index in [1.54, 1.807) is 10.4 Å². The van der Waals surface area contributed by atoms with Gasteiger partial charge in [0.1, 0.15) is 10.7 Å². The van der Waals surface area contributed by atoms with Crippen LogP contribution in [0.25, 0.3) is 0 Å². The summed E-state index contributed by atoms with van der Waals surface area (Å²) in [5.41, 5.74) is 5.80. The van der Waals surface area contributed by atoms with Gasteiger partial charge in [0.2, 0.25) is 10.0 Å². The third-order valence-electron chi connectivity index (χ3n) is 4.63. The second-order valence-corrected chi connectivity index (χ2v) is 8.68. The van der Waals surface area contributed by atoms with E-state index in [1.165, 1.54) is 19.0 Å². The van der Waals surface area contributed by atoms with Crippen molar-refractivity contribution < 1.29 is 8.42 Å². The van der Waals surface area contributed by atoms with E-state index in [1.807, 2.05) is 0 Å². The molecule has 0 spiro atoms. The monoisotopic (exact) mass is 373 g/mol. The first-order valence-corrected chi connectivity index (χ1v) is 9.66. The maximum Gasteiger partial charge on any atom is 0.247 e. The highest BCUT2D eigenvalue weighted by Gasteiger charge is 2.41. The van der Waals surface area contributed by atoms with Crippen LogP contribution in [-0.4, -0.2) is 30.3 Å². The van der Waals surface area contributed by atoms with E-state index < -0.39 is 10.0 Å². The number of nitrogens with two attached hydrogens (primary N) is 1. The van der Waals surface area contributed by atoms with Gasteiger partial charge in [0.05, 0.1) is 0 Å². The third-order valence-corrected chi connectivity index (χ3v) is 7.01. The Morgan fingerprint density at radius 1 is 1.24 bits per heavy atom. The van der Waals surface area contributed by atoms with Crippen molar-refractivity contribution in [2.45, 2.75) is 49.5 Å². The van der Waals surface area contributed by atoms with Crippen molar-refractivity contribution in [3.8, 4) is 0 Å². The van der Waals surface area contributed by atoms with Crippen molar-refractivity contribution in [2.75, 3.05) is 12.3 Å². The van der Waals surface area contributed by atoms with E-state index in [0.29, 0.717) is 16.9 Å². The zero-order valence-corrected chi connectivity index (χ0v) is 14.2. The summed E-state index contributed by atoms with van der Waals surface area (Å²) in [5.74, 6) is 0.582. The predicted octanol–water partition coefficient (Wildman–Crippen LogP) is 2.77. The van der Waals surface area contributed by atoms with Crippen LogP contribution >= 0.6 is 15.9 Å². The first-order valence-electron chi connectivity index (χ1n) is 7.43. The summed E-state index contributed by atoms with van der Waals surface area (Å²) in [6.07, 6.45) is 8.14. The van der Waals surface area contributed by atoms with Gasteiger partial charge in [0.15, 0.2) is 0 Å². The number of nitrogen functional groups attached to an aromatic ring is 1. The van der Waals surface area contributed by atoms with E-state index in [-0.39, 0.29) is 16.8 Å². The Balaban J connectivity index is 1.95. The molecule has 7 heteroatoms. The predicted molar refractivity (Wildman–Crippen MR) is 85.2 cm³/mol. The summed E-state index contributed by atoms with van der Waals surface area (Å²) in [7, 11) is -3.56. The highest BCUT2D eigenvalue weighted by molar-refractivity contribution is 9.10. The molecule has 2 fully saturated rings. The van der Waals surface area contributed by atoms with Gasteiger partial charge in [0, 0.05) is 23.3 Å². The van der Waals surface area contributed by atoms with Crippen molar-refractivity contribution in [1.29, 1.82) is 0 Å². The minimum Gasteiger partial charge on any atom is -0.383 e. The fourth-order valence-electron chi connectivity index (χ4n) is 3.64. The van der Waals surface area contributed by atoms with Crippen molar-refractivity contribution in [1.82, 2.24) is 9.29 Å². The van der Waals surface area contributed by atoms with Gasteiger partial charge < -0.3 is 5.73 Å². The minimum atomic E-state index is -3.56. The fourth-order valence-corrected chi connectivity index (χ4v) is 5.97. The Hall–Kier alpha value is -0.660. The standard InChI is InChI=1S/C14H20BrN3O2S/c15-11-8-13(14(16)17-9-11)21(19,20)18-7-3-6-12(18)10-4-1-2-5-10/h8-10,12H,1-7H2,(H2,16,17). The Labute approximate surface area is 134 Å². The number of nitrogens with zero attached hydrogens (tertiary/aromatic N) is 2. The lowest BCUT2D eigenvalue weighted by atomic mass is 9.97. The minimum absolute atomic E-state index is 0.0790. The van der Waals surface area contributed by atoms with E-state index >= 15 is 0 Å². The van der Waals surface area contributed by atoms with E-state index in [0.717, 1.165) is 25.7 Å². The molecule has 21 heavy (non-hydrogen) atoms. The molecule has 0 bridgehead atoms. The third kappa shape index (κ3) is 2.83. The number of hydrogen-bond acceptors (Lipinski definition) is 4. The lowest BCUT2D eigenvalue weighted by molar-refractivity contribution is 0.288. The van der Waals surface area contributed by atoms with Crippen LogP contribution in [0.3, 0.4) is 0 Å². The molecular weight excluding hydrogens is 354 g/mol.